The van der Waals surface area contributed by atoms with Crippen LogP contribution in [0, 0.1) is 0 Å². The lowest BCUT2D eigenvalue weighted by Crippen LogP contribution is -2.03. The average Bonchev–Trinajstić information content (AvgIpc) is 2.40. The van der Waals surface area contributed by atoms with Crippen molar-refractivity contribution in [3.63, 3.8) is 0 Å². The number of nitrogens with one attached hydrogen (secondary N) is 1. The predicted molar refractivity (Wildman–Crippen MR) is 72.0 cm³/mol. The Bertz CT molecular complexity index is 514. The van der Waals surface area contributed by atoms with E-state index in [4.69, 9.17) is 4.74 Å². The van der Waals surface area contributed by atoms with E-state index in [1.165, 1.54) is 0 Å². The second kappa shape index (κ2) is 6.00. The molecule has 4 heteroatoms. The first kappa shape index (κ1) is 12.4. The topological polar surface area (TPSA) is 47.0 Å². The first-order chi connectivity index (χ1) is 8.81. The van der Waals surface area contributed by atoms with Gasteiger partial charge in [-0.2, -0.15) is 0 Å². The minimum atomic E-state index is 0.705. The lowest BCUT2D eigenvalue weighted by atomic mass is 10.1. The number of ether oxygens (including phenoxy) is 1. The van der Waals surface area contributed by atoms with Gasteiger partial charge in [0.2, 0.25) is 0 Å². The summed E-state index contributed by atoms with van der Waals surface area (Å²) in [7, 11) is 1.67. The summed E-state index contributed by atoms with van der Waals surface area (Å²) in [6.07, 6.45) is 2.48. The molecule has 0 saturated carbocycles. The minimum Gasteiger partial charge on any atom is -0.497 e. The van der Waals surface area contributed by atoms with Gasteiger partial charge in [0.05, 0.1) is 7.11 Å². The number of nitrogens with zero attached hydrogens (tertiary/aromatic N) is 2. The summed E-state index contributed by atoms with van der Waals surface area (Å²) >= 11 is 0. The fourth-order valence-corrected chi connectivity index (χ4v) is 1.73. The van der Waals surface area contributed by atoms with Crippen LogP contribution in [0.2, 0.25) is 0 Å². The highest BCUT2D eigenvalue weighted by molar-refractivity contribution is 5.34. The summed E-state index contributed by atoms with van der Waals surface area (Å²) in [5.41, 5.74) is 1.14. The van der Waals surface area contributed by atoms with Crippen LogP contribution in [0.25, 0.3) is 0 Å². The van der Waals surface area contributed by atoms with E-state index in [0.29, 0.717) is 6.42 Å². The van der Waals surface area contributed by atoms with Gasteiger partial charge in [-0.3, -0.25) is 0 Å². The second-order valence-corrected chi connectivity index (χ2v) is 3.92. The molecule has 1 heterocycles. The molecule has 0 saturated heterocycles. The fraction of sp³-hybridized carbons (Fsp3) is 0.286. The Hall–Kier alpha value is -2.10. The highest BCUT2D eigenvalue weighted by Gasteiger charge is 2.02. The van der Waals surface area contributed by atoms with Crippen LogP contribution in [0.4, 0.5) is 5.82 Å². The van der Waals surface area contributed by atoms with Crippen molar-refractivity contribution in [3.8, 4) is 5.75 Å². The summed E-state index contributed by atoms with van der Waals surface area (Å²) < 4.78 is 5.20. The number of methoxy groups -OCH3 is 1. The summed E-state index contributed by atoms with van der Waals surface area (Å²) in [4.78, 5) is 8.73. The van der Waals surface area contributed by atoms with Crippen LogP contribution < -0.4 is 10.1 Å². The summed E-state index contributed by atoms with van der Waals surface area (Å²) in [5.74, 6) is 2.53. The van der Waals surface area contributed by atoms with E-state index in [9.17, 15) is 0 Å². The average molecular weight is 243 g/mol. The number of rotatable bonds is 5. The van der Waals surface area contributed by atoms with Crippen LogP contribution in [0.15, 0.2) is 36.5 Å². The first-order valence-electron chi connectivity index (χ1n) is 6.00. The zero-order valence-corrected chi connectivity index (χ0v) is 10.7. The molecule has 0 radical (unpaired) electrons. The first-order valence-corrected chi connectivity index (χ1v) is 6.00. The molecule has 0 bridgehead atoms. The molecule has 0 unspecified atom stereocenters. The Labute approximate surface area is 107 Å². The molecule has 0 aliphatic carbocycles. The van der Waals surface area contributed by atoms with Crippen molar-refractivity contribution in [2.24, 2.45) is 0 Å². The van der Waals surface area contributed by atoms with Crippen LogP contribution in [0.1, 0.15) is 18.3 Å². The predicted octanol–water partition coefficient (Wildman–Crippen LogP) is 2.51. The van der Waals surface area contributed by atoms with Crippen molar-refractivity contribution in [2.75, 3.05) is 19.0 Å². The SMILES string of the molecule is CCNc1ccnc(Cc2cccc(OC)c2)n1. The number of hydrogen-bond donors (Lipinski definition) is 1. The van der Waals surface area contributed by atoms with Gasteiger partial charge in [0.1, 0.15) is 17.4 Å². The van der Waals surface area contributed by atoms with Gasteiger partial charge >= 0.3 is 0 Å². The van der Waals surface area contributed by atoms with Gasteiger partial charge < -0.3 is 10.1 Å². The van der Waals surface area contributed by atoms with Crippen LogP contribution in [0.3, 0.4) is 0 Å². The molecule has 0 aliphatic rings. The highest BCUT2D eigenvalue weighted by atomic mass is 16.5. The zero-order chi connectivity index (χ0) is 12.8. The normalized spacial score (nSPS) is 10.1. The third kappa shape index (κ3) is 3.20. The summed E-state index contributed by atoms with van der Waals surface area (Å²) in [5, 5.41) is 3.18. The maximum absolute atomic E-state index is 5.20. The van der Waals surface area contributed by atoms with E-state index in [1.807, 2.05) is 37.3 Å². The van der Waals surface area contributed by atoms with E-state index in [1.54, 1.807) is 13.3 Å². The molecule has 0 fully saturated rings. The van der Waals surface area contributed by atoms with Gasteiger partial charge in [0.15, 0.2) is 0 Å². The van der Waals surface area contributed by atoms with Crippen molar-refractivity contribution in [1.82, 2.24) is 9.97 Å². The van der Waals surface area contributed by atoms with Gasteiger partial charge in [-0.05, 0) is 30.7 Å². The third-order valence-electron chi connectivity index (χ3n) is 2.56. The second-order valence-electron chi connectivity index (χ2n) is 3.92. The van der Waals surface area contributed by atoms with Crippen molar-refractivity contribution in [3.05, 3.63) is 47.9 Å². The molecule has 1 N–H and O–H groups in total. The van der Waals surface area contributed by atoms with E-state index in [-0.39, 0.29) is 0 Å². The Balaban J connectivity index is 2.14. The Kier molecular flexibility index (Phi) is 4.12. The molecular formula is C14H17N3O. The monoisotopic (exact) mass is 243 g/mol. The number of benzene rings is 1. The smallest absolute Gasteiger partial charge is 0.135 e. The Morgan fingerprint density at radius 3 is 2.94 bits per heavy atom. The molecular weight excluding hydrogens is 226 g/mol. The van der Waals surface area contributed by atoms with Crippen LogP contribution in [-0.2, 0) is 6.42 Å². The van der Waals surface area contributed by atoms with Gasteiger partial charge in [-0.1, -0.05) is 12.1 Å². The van der Waals surface area contributed by atoms with Gasteiger partial charge in [-0.25, -0.2) is 9.97 Å². The van der Waals surface area contributed by atoms with Crippen LogP contribution in [-0.4, -0.2) is 23.6 Å². The van der Waals surface area contributed by atoms with Crippen LogP contribution in [0.5, 0.6) is 5.75 Å². The minimum absolute atomic E-state index is 0.705. The fourth-order valence-electron chi connectivity index (χ4n) is 1.73. The van der Waals surface area contributed by atoms with Crippen molar-refractivity contribution in [1.29, 1.82) is 0 Å². The van der Waals surface area contributed by atoms with E-state index < -0.39 is 0 Å². The molecule has 2 rings (SSSR count). The maximum atomic E-state index is 5.20. The molecule has 0 amide bonds. The van der Waals surface area contributed by atoms with Crippen molar-refractivity contribution in [2.45, 2.75) is 13.3 Å². The zero-order valence-electron chi connectivity index (χ0n) is 10.7. The lowest BCUT2D eigenvalue weighted by Gasteiger charge is -2.06. The molecule has 94 valence electrons. The van der Waals surface area contributed by atoms with Crippen molar-refractivity contribution >= 4 is 5.82 Å². The van der Waals surface area contributed by atoms with Crippen molar-refractivity contribution < 1.29 is 4.74 Å². The molecule has 1 aromatic carbocycles. The van der Waals surface area contributed by atoms with E-state index in [2.05, 4.69) is 15.3 Å². The Morgan fingerprint density at radius 1 is 1.28 bits per heavy atom. The standard InChI is InChI=1S/C14H17N3O/c1-3-15-13-7-8-16-14(17-13)10-11-5-4-6-12(9-11)18-2/h4-9H,3,10H2,1-2H3,(H,15,16,17). The molecule has 18 heavy (non-hydrogen) atoms. The van der Waals surface area contributed by atoms with Gasteiger partial charge in [0, 0.05) is 19.2 Å². The summed E-state index contributed by atoms with van der Waals surface area (Å²) in [6.45, 7) is 2.90. The lowest BCUT2D eigenvalue weighted by molar-refractivity contribution is 0.414. The molecule has 0 spiro atoms. The highest BCUT2D eigenvalue weighted by Crippen LogP contribution is 2.15. The molecule has 2 aromatic rings. The quantitative estimate of drug-likeness (QED) is 0.876. The van der Waals surface area contributed by atoms with Crippen LogP contribution >= 0.6 is 0 Å². The third-order valence-corrected chi connectivity index (χ3v) is 2.56. The van der Waals surface area contributed by atoms with E-state index in [0.717, 1.165) is 29.5 Å². The molecule has 0 aliphatic heterocycles. The molecule has 1 aromatic heterocycles. The number of aromatic nitrogens is 2. The number of anilines is 1. The molecule has 4 nitrogen and oxygen atoms in total. The molecule has 0 atom stereocenters. The largest absolute Gasteiger partial charge is 0.497 e. The van der Waals surface area contributed by atoms with Gasteiger partial charge in [-0.15, -0.1) is 0 Å². The number of hydrogen-bond acceptors (Lipinski definition) is 4. The Morgan fingerprint density at radius 2 is 2.17 bits per heavy atom. The summed E-state index contributed by atoms with van der Waals surface area (Å²) in [6, 6.07) is 9.83. The van der Waals surface area contributed by atoms with Gasteiger partial charge in [0.25, 0.3) is 0 Å². The van der Waals surface area contributed by atoms with E-state index >= 15 is 0 Å². The maximum Gasteiger partial charge on any atom is 0.135 e.